The van der Waals surface area contributed by atoms with E-state index in [1.807, 2.05) is 11.8 Å². The molecule has 6 heteroatoms. The van der Waals surface area contributed by atoms with Gasteiger partial charge in [-0.05, 0) is 17.7 Å². The zero-order valence-corrected chi connectivity index (χ0v) is 12.4. The highest BCUT2D eigenvalue weighted by atomic mass is 35.5. The second kappa shape index (κ2) is 4.72. The first kappa shape index (κ1) is 12.8. The molecule has 0 radical (unpaired) electrons. The summed E-state index contributed by atoms with van der Waals surface area (Å²) < 4.78 is 3.26. The second-order valence-corrected chi connectivity index (χ2v) is 6.15. The lowest BCUT2D eigenvalue weighted by Crippen LogP contribution is -2.19. The van der Waals surface area contributed by atoms with E-state index >= 15 is 0 Å². The van der Waals surface area contributed by atoms with Crippen LogP contribution in [0.25, 0.3) is 16.6 Å². The van der Waals surface area contributed by atoms with E-state index in [-0.39, 0.29) is 5.69 Å². The molecule has 2 aromatic rings. The van der Waals surface area contributed by atoms with Gasteiger partial charge in [-0.25, -0.2) is 9.78 Å². The molecule has 1 aliphatic rings. The van der Waals surface area contributed by atoms with Crippen molar-refractivity contribution < 1.29 is 0 Å². The zero-order chi connectivity index (χ0) is 13.6. The lowest BCUT2D eigenvalue weighted by atomic mass is 10.1. The third-order valence-electron chi connectivity index (χ3n) is 3.48. The van der Waals surface area contributed by atoms with Gasteiger partial charge < -0.3 is 0 Å². The molecule has 3 rings (SSSR count). The number of hydrogen-bond acceptors (Lipinski definition) is 3. The highest BCUT2D eigenvalue weighted by Gasteiger charge is 2.18. The molecule has 0 saturated carbocycles. The normalized spacial score (nSPS) is 15.8. The van der Waals surface area contributed by atoms with Gasteiger partial charge in [-0.15, -0.1) is 0 Å². The van der Waals surface area contributed by atoms with Crippen LogP contribution < -0.4 is 5.69 Å². The molecule has 0 N–H and O–H groups in total. The summed E-state index contributed by atoms with van der Waals surface area (Å²) in [5.74, 6) is 2.08. The van der Waals surface area contributed by atoms with Crippen LogP contribution in [-0.4, -0.2) is 25.6 Å². The van der Waals surface area contributed by atoms with Crippen LogP contribution in [0.3, 0.4) is 0 Å². The van der Waals surface area contributed by atoms with Crippen molar-refractivity contribution in [1.82, 2.24) is 14.1 Å². The quantitative estimate of drug-likeness (QED) is 0.759. The van der Waals surface area contributed by atoms with Gasteiger partial charge in [0.25, 0.3) is 0 Å². The zero-order valence-electron chi connectivity index (χ0n) is 10.8. The first-order valence-corrected chi connectivity index (χ1v) is 7.62. The summed E-state index contributed by atoms with van der Waals surface area (Å²) in [4.78, 5) is 16.5. The van der Waals surface area contributed by atoms with Gasteiger partial charge in [-0.2, -0.15) is 11.8 Å². The van der Waals surface area contributed by atoms with Gasteiger partial charge >= 0.3 is 5.69 Å². The fourth-order valence-electron chi connectivity index (χ4n) is 2.47. The Morgan fingerprint density at radius 3 is 2.84 bits per heavy atom. The van der Waals surface area contributed by atoms with Crippen molar-refractivity contribution in [2.45, 2.75) is 6.42 Å². The summed E-state index contributed by atoms with van der Waals surface area (Å²) >= 11 is 8.01. The number of hydrogen-bond donors (Lipinski definition) is 0. The molecular formula is C13H14ClN3OS. The largest absolute Gasteiger partial charge is 0.328 e. The maximum atomic E-state index is 12.1. The fraction of sp³-hybridized carbons (Fsp3) is 0.385. The number of imidazole rings is 1. The Morgan fingerprint density at radius 2 is 2.16 bits per heavy atom. The van der Waals surface area contributed by atoms with Crippen LogP contribution in [0.5, 0.6) is 0 Å². The maximum Gasteiger partial charge on any atom is 0.328 e. The van der Waals surface area contributed by atoms with E-state index in [9.17, 15) is 4.79 Å². The molecule has 1 aliphatic heterocycles. The SMILES string of the molecule is Cn1c(=O)n(C)c2c(C3=CCSCC3)nc(Cl)cc21. The lowest BCUT2D eigenvalue weighted by Gasteiger charge is -2.13. The maximum absolute atomic E-state index is 12.1. The number of fused-ring (bicyclic) bond motifs is 1. The molecule has 0 atom stereocenters. The molecule has 19 heavy (non-hydrogen) atoms. The average Bonchev–Trinajstić information content (AvgIpc) is 2.64. The second-order valence-electron chi connectivity index (χ2n) is 4.62. The van der Waals surface area contributed by atoms with E-state index in [2.05, 4.69) is 11.1 Å². The number of halogens is 1. The molecule has 0 aliphatic carbocycles. The number of allylic oxidation sites excluding steroid dienone is 1. The summed E-state index contributed by atoms with van der Waals surface area (Å²) in [6.45, 7) is 0. The van der Waals surface area contributed by atoms with E-state index in [0.717, 1.165) is 34.7 Å². The highest BCUT2D eigenvalue weighted by Crippen LogP contribution is 2.30. The van der Waals surface area contributed by atoms with E-state index in [1.54, 1.807) is 29.3 Å². The van der Waals surface area contributed by atoms with E-state index < -0.39 is 0 Å². The van der Waals surface area contributed by atoms with Gasteiger partial charge in [-0.1, -0.05) is 17.7 Å². The Hall–Kier alpha value is -1.20. The van der Waals surface area contributed by atoms with Gasteiger partial charge in [0.2, 0.25) is 0 Å². The minimum Gasteiger partial charge on any atom is -0.295 e. The predicted octanol–water partition coefficient (Wildman–Crippen LogP) is 2.45. The summed E-state index contributed by atoms with van der Waals surface area (Å²) in [7, 11) is 3.54. The summed E-state index contributed by atoms with van der Waals surface area (Å²) in [6, 6.07) is 1.75. The molecule has 0 saturated heterocycles. The van der Waals surface area contributed by atoms with Crippen molar-refractivity contribution in [2.75, 3.05) is 11.5 Å². The van der Waals surface area contributed by atoms with Crippen molar-refractivity contribution in [1.29, 1.82) is 0 Å². The van der Waals surface area contributed by atoms with Crippen LogP contribution in [0.1, 0.15) is 12.1 Å². The first-order valence-electron chi connectivity index (χ1n) is 6.08. The standard InChI is InChI=1S/C13H14ClN3OS/c1-16-9-7-10(14)15-11(8-3-5-19-6-4-8)12(9)17(2)13(16)18/h3,7H,4-6H2,1-2H3. The van der Waals surface area contributed by atoms with Crippen molar-refractivity contribution in [2.24, 2.45) is 14.1 Å². The van der Waals surface area contributed by atoms with Crippen molar-refractivity contribution in [3.63, 3.8) is 0 Å². The monoisotopic (exact) mass is 295 g/mol. The Morgan fingerprint density at radius 1 is 1.37 bits per heavy atom. The number of rotatable bonds is 1. The van der Waals surface area contributed by atoms with E-state index in [1.165, 1.54) is 5.57 Å². The molecule has 100 valence electrons. The third kappa shape index (κ3) is 2.01. The first-order chi connectivity index (χ1) is 9.09. The molecule has 0 aromatic carbocycles. The summed E-state index contributed by atoms with van der Waals surface area (Å²) in [5, 5.41) is 0.433. The molecular weight excluding hydrogens is 282 g/mol. The van der Waals surface area contributed by atoms with E-state index in [4.69, 9.17) is 11.6 Å². The highest BCUT2D eigenvalue weighted by molar-refractivity contribution is 7.99. The smallest absolute Gasteiger partial charge is 0.295 e. The molecule has 3 heterocycles. The Bertz CT molecular complexity index is 744. The van der Waals surface area contributed by atoms with Crippen molar-refractivity contribution >= 4 is 40.0 Å². The molecule has 0 unspecified atom stereocenters. The van der Waals surface area contributed by atoms with Crippen LogP contribution >= 0.6 is 23.4 Å². The average molecular weight is 296 g/mol. The Kier molecular flexibility index (Phi) is 3.19. The van der Waals surface area contributed by atoms with Crippen molar-refractivity contribution in [3.05, 3.63) is 33.5 Å². The molecule has 0 fully saturated rings. The van der Waals surface area contributed by atoms with Crippen molar-refractivity contribution in [3.8, 4) is 0 Å². The Balaban J connectivity index is 2.38. The molecule has 0 amide bonds. The van der Waals surface area contributed by atoms with Crippen LogP contribution in [0.15, 0.2) is 16.9 Å². The Labute approximate surface area is 120 Å². The van der Waals surface area contributed by atoms with Gasteiger partial charge in [0.1, 0.15) is 5.15 Å². The van der Waals surface area contributed by atoms with Gasteiger partial charge in [-0.3, -0.25) is 9.13 Å². The summed E-state index contributed by atoms with van der Waals surface area (Å²) in [5.41, 5.74) is 3.69. The summed E-state index contributed by atoms with van der Waals surface area (Å²) in [6.07, 6.45) is 3.15. The van der Waals surface area contributed by atoms with E-state index in [0.29, 0.717) is 5.15 Å². The van der Waals surface area contributed by atoms with Crippen LogP contribution in [0.4, 0.5) is 0 Å². The van der Waals surface area contributed by atoms with Gasteiger partial charge in [0.05, 0.1) is 16.7 Å². The lowest BCUT2D eigenvalue weighted by molar-refractivity contribution is 0.794. The number of pyridine rings is 1. The minimum absolute atomic E-state index is 0.0499. The fourth-order valence-corrected chi connectivity index (χ4v) is 3.51. The van der Waals surface area contributed by atoms with Gasteiger partial charge in [0.15, 0.2) is 0 Å². The topological polar surface area (TPSA) is 39.8 Å². The minimum atomic E-state index is -0.0499. The van der Waals surface area contributed by atoms with Crippen LogP contribution in [-0.2, 0) is 14.1 Å². The predicted molar refractivity (Wildman–Crippen MR) is 80.9 cm³/mol. The molecule has 2 aromatic heterocycles. The number of thioether (sulfide) groups is 1. The number of aryl methyl sites for hydroxylation is 2. The molecule has 4 nitrogen and oxygen atoms in total. The number of aromatic nitrogens is 3. The third-order valence-corrected chi connectivity index (χ3v) is 4.57. The van der Waals surface area contributed by atoms with Crippen LogP contribution in [0.2, 0.25) is 5.15 Å². The van der Waals surface area contributed by atoms with Crippen LogP contribution in [0, 0.1) is 0 Å². The van der Waals surface area contributed by atoms with Gasteiger partial charge in [0, 0.05) is 25.9 Å². The number of nitrogens with zero attached hydrogens (tertiary/aromatic N) is 3. The molecule has 0 spiro atoms. The molecule has 0 bridgehead atoms.